The van der Waals surface area contributed by atoms with Crippen molar-refractivity contribution in [3.05, 3.63) is 57.3 Å². The lowest BCUT2D eigenvalue weighted by Crippen LogP contribution is -2.28. The predicted molar refractivity (Wildman–Crippen MR) is 72.7 cm³/mol. The second-order valence-corrected chi connectivity index (χ2v) is 5.27. The van der Waals surface area contributed by atoms with Crippen LogP contribution >= 0.6 is 11.3 Å². The largest absolute Gasteiger partial charge is 0.386 e. The zero-order chi connectivity index (χ0) is 14.7. The molecule has 0 aliphatic rings. The normalized spacial score (nSPS) is 12.2. The Morgan fingerprint density at radius 1 is 1.35 bits per heavy atom. The summed E-state index contributed by atoms with van der Waals surface area (Å²) in [5.41, 5.74) is 0.962. The maximum Gasteiger partial charge on any atom is 0.251 e. The van der Waals surface area contributed by atoms with Gasteiger partial charge in [-0.05, 0) is 42.1 Å². The Morgan fingerprint density at radius 2 is 2.10 bits per heavy atom. The number of nitrogens with one attached hydrogen (secondary N) is 1. The number of aliphatic hydroxyl groups is 1. The van der Waals surface area contributed by atoms with Gasteiger partial charge in [0.25, 0.3) is 5.91 Å². The molecule has 0 saturated carbocycles. The van der Waals surface area contributed by atoms with E-state index in [9.17, 15) is 18.7 Å². The molecule has 2 N–H and O–H groups in total. The van der Waals surface area contributed by atoms with Crippen molar-refractivity contribution in [3.63, 3.8) is 0 Å². The Bertz CT molecular complexity index is 627. The molecule has 0 spiro atoms. The third-order valence-electron chi connectivity index (χ3n) is 2.84. The van der Waals surface area contributed by atoms with Crippen LogP contribution in [-0.4, -0.2) is 17.6 Å². The fraction of sp³-hybridized carbons (Fsp3) is 0.214. The molecular weight excluding hydrogens is 284 g/mol. The van der Waals surface area contributed by atoms with Crippen LogP contribution in [0, 0.1) is 18.6 Å². The van der Waals surface area contributed by atoms with Crippen LogP contribution in [0.4, 0.5) is 8.78 Å². The van der Waals surface area contributed by atoms with Gasteiger partial charge in [0.15, 0.2) is 11.6 Å². The molecule has 3 nitrogen and oxygen atoms in total. The molecule has 0 aliphatic carbocycles. The summed E-state index contributed by atoms with van der Waals surface area (Å²) in [5.74, 6) is -2.64. The maximum atomic E-state index is 13.0. The molecule has 1 unspecified atom stereocenters. The number of rotatable bonds is 4. The smallest absolute Gasteiger partial charge is 0.251 e. The van der Waals surface area contributed by atoms with Crippen LogP contribution in [0.5, 0.6) is 0 Å². The molecule has 6 heteroatoms. The van der Waals surface area contributed by atoms with Crippen LogP contribution < -0.4 is 5.32 Å². The lowest BCUT2D eigenvalue weighted by atomic mass is 10.2. The predicted octanol–water partition coefficient (Wildman–Crippen LogP) is 2.80. The van der Waals surface area contributed by atoms with E-state index in [4.69, 9.17) is 0 Å². The first-order valence-corrected chi connectivity index (χ1v) is 6.82. The molecule has 0 saturated heterocycles. The maximum absolute atomic E-state index is 13.0. The van der Waals surface area contributed by atoms with Gasteiger partial charge in [-0.15, -0.1) is 11.3 Å². The van der Waals surface area contributed by atoms with Crippen LogP contribution in [0.3, 0.4) is 0 Å². The van der Waals surface area contributed by atoms with Crippen molar-refractivity contribution >= 4 is 17.2 Å². The minimum absolute atomic E-state index is 0.0130. The summed E-state index contributed by atoms with van der Waals surface area (Å²) in [4.78, 5) is 12.5. The van der Waals surface area contributed by atoms with Gasteiger partial charge in [-0.2, -0.15) is 0 Å². The monoisotopic (exact) mass is 297 g/mol. The van der Waals surface area contributed by atoms with Crippen molar-refractivity contribution in [1.82, 2.24) is 5.32 Å². The summed E-state index contributed by atoms with van der Waals surface area (Å²) in [5, 5.41) is 14.3. The molecule has 106 valence electrons. The van der Waals surface area contributed by atoms with Crippen molar-refractivity contribution < 1.29 is 18.7 Å². The number of aryl methyl sites for hydroxylation is 1. The minimum atomic E-state index is -1.08. The average Bonchev–Trinajstić information content (AvgIpc) is 2.85. The van der Waals surface area contributed by atoms with Gasteiger partial charge in [-0.25, -0.2) is 8.78 Å². The minimum Gasteiger partial charge on any atom is -0.386 e. The molecular formula is C14H13F2NO2S. The Labute approximate surface area is 118 Å². The second kappa shape index (κ2) is 6.11. The van der Waals surface area contributed by atoms with E-state index in [1.165, 1.54) is 17.4 Å². The molecule has 0 fully saturated rings. The van der Waals surface area contributed by atoms with Gasteiger partial charge >= 0.3 is 0 Å². The highest BCUT2D eigenvalue weighted by Crippen LogP contribution is 2.23. The molecule has 1 aromatic carbocycles. The van der Waals surface area contributed by atoms with Gasteiger partial charge in [0.1, 0.15) is 6.10 Å². The SMILES string of the molecule is Cc1ccsc1C(O)CNC(=O)c1ccc(F)c(F)c1. The number of carbonyl (C=O) groups excluding carboxylic acids is 1. The number of benzene rings is 1. The van der Waals surface area contributed by atoms with E-state index in [1.54, 1.807) is 0 Å². The lowest BCUT2D eigenvalue weighted by Gasteiger charge is -2.11. The zero-order valence-corrected chi connectivity index (χ0v) is 11.5. The molecule has 1 atom stereocenters. The molecule has 0 radical (unpaired) electrons. The number of halogens is 2. The third-order valence-corrected chi connectivity index (χ3v) is 3.96. The highest BCUT2D eigenvalue weighted by molar-refractivity contribution is 7.10. The van der Waals surface area contributed by atoms with E-state index in [-0.39, 0.29) is 12.1 Å². The van der Waals surface area contributed by atoms with Gasteiger partial charge in [-0.1, -0.05) is 0 Å². The number of aliphatic hydroxyl groups excluding tert-OH is 1. The van der Waals surface area contributed by atoms with E-state index in [1.807, 2.05) is 18.4 Å². The molecule has 2 aromatic rings. The standard InChI is InChI=1S/C14H13F2NO2S/c1-8-4-5-20-13(8)12(18)7-17-14(19)9-2-3-10(15)11(16)6-9/h2-6,12,18H,7H2,1H3,(H,17,19). The van der Waals surface area contributed by atoms with E-state index < -0.39 is 23.6 Å². The first-order chi connectivity index (χ1) is 9.49. The Kier molecular flexibility index (Phi) is 4.46. The van der Waals surface area contributed by atoms with Crippen LogP contribution in [0.1, 0.15) is 26.9 Å². The van der Waals surface area contributed by atoms with Crippen molar-refractivity contribution in [2.24, 2.45) is 0 Å². The van der Waals surface area contributed by atoms with Gasteiger partial charge in [-0.3, -0.25) is 4.79 Å². The summed E-state index contributed by atoms with van der Waals surface area (Å²) in [6.45, 7) is 1.88. The molecule has 0 aliphatic heterocycles. The van der Waals surface area contributed by atoms with Crippen molar-refractivity contribution in [1.29, 1.82) is 0 Å². The summed E-state index contributed by atoms with van der Waals surface area (Å²) in [6.07, 6.45) is -0.816. The van der Waals surface area contributed by atoms with E-state index in [2.05, 4.69) is 5.32 Å². The van der Waals surface area contributed by atoms with Crippen molar-refractivity contribution in [2.45, 2.75) is 13.0 Å². The molecule has 0 bridgehead atoms. The quantitative estimate of drug-likeness (QED) is 0.911. The summed E-state index contributed by atoms with van der Waals surface area (Å²) < 4.78 is 25.8. The van der Waals surface area contributed by atoms with E-state index in [0.29, 0.717) is 0 Å². The van der Waals surface area contributed by atoms with Crippen molar-refractivity contribution in [3.8, 4) is 0 Å². The van der Waals surface area contributed by atoms with Gasteiger partial charge in [0, 0.05) is 17.0 Å². The first-order valence-electron chi connectivity index (χ1n) is 5.94. The number of thiophene rings is 1. The Hall–Kier alpha value is -1.79. The van der Waals surface area contributed by atoms with Gasteiger partial charge < -0.3 is 10.4 Å². The highest BCUT2D eigenvalue weighted by Gasteiger charge is 2.14. The van der Waals surface area contributed by atoms with Crippen molar-refractivity contribution in [2.75, 3.05) is 6.54 Å². The fourth-order valence-electron chi connectivity index (χ4n) is 1.75. The molecule has 2 rings (SSSR count). The second-order valence-electron chi connectivity index (χ2n) is 4.32. The fourth-order valence-corrected chi connectivity index (χ4v) is 2.66. The van der Waals surface area contributed by atoms with Crippen LogP contribution in [-0.2, 0) is 0 Å². The van der Waals surface area contributed by atoms with Gasteiger partial charge in [0.2, 0.25) is 0 Å². The summed E-state index contributed by atoms with van der Waals surface area (Å²) >= 11 is 1.40. The van der Waals surface area contributed by atoms with Crippen LogP contribution in [0.2, 0.25) is 0 Å². The molecule has 1 aromatic heterocycles. The lowest BCUT2D eigenvalue weighted by molar-refractivity contribution is 0.0917. The summed E-state index contributed by atoms with van der Waals surface area (Å²) in [6, 6.07) is 4.79. The third kappa shape index (κ3) is 3.20. The number of carbonyl (C=O) groups is 1. The number of hydrogen-bond donors (Lipinski definition) is 2. The van der Waals surface area contributed by atoms with E-state index in [0.717, 1.165) is 22.6 Å². The van der Waals surface area contributed by atoms with Crippen LogP contribution in [0.25, 0.3) is 0 Å². The summed E-state index contributed by atoms with van der Waals surface area (Å²) in [7, 11) is 0. The Morgan fingerprint density at radius 3 is 2.70 bits per heavy atom. The van der Waals surface area contributed by atoms with Crippen LogP contribution in [0.15, 0.2) is 29.6 Å². The average molecular weight is 297 g/mol. The zero-order valence-electron chi connectivity index (χ0n) is 10.7. The molecule has 20 heavy (non-hydrogen) atoms. The molecule has 1 amide bonds. The number of hydrogen-bond acceptors (Lipinski definition) is 3. The number of amides is 1. The van der Waals surface area contributed by atoms with E-state index >= 15 is 0 Å². The topological polar surface area (TPSA) is 49.3 Å². The molecule has 1 heterocycles. The highest BCUT2D eigenvalue weighted by atomic mass is 32.1. The first kappa shape index (κ1) is 14.6. The van der Waals surface area contributed by atoms with Gasteiger partial charge in [0.05, 0.1) is 0 Å². The Balaban J connectivity index is 1.98.